The fourth-order valence-electron chi connectivity index (χ4n) is 1.57. The van der Waals surface area contributed by atoms with Crippen molar-refractivity contribution < 1.29 is 4.74 Å². The van der Waals surface area contributed by atoms with E-state index in [1.807, 2.05) is 31.2 Å². The van der Waals surface area contributed by atoms with Crippen LogP contribution < -0.4 is 10.1 Å². The van der Waals surface area contributed by atoms with Crippen LogP contribution in [0.15, 0.2) is 35.1 Å². The zero-order chi connectivity index (χ0) is 13.7. The summed E-state index contributed by atoms with van der Waals surface area (Å²) in [4.78, 5) is 8.35. The summed E-state index contributed by atoms with van der Waals surface area (Å²) in [6, 6.07) is 7.84. The summed E-state index contributed by atoms with van der Waals surface area (Å²) in [5.74, 6) is 2.06. The van der Waals surface area contributed by atoms with Gasteiger partial charge >= 0.3 is 0 Å². The Morgan fingerprint density at radius 3 is 2.79 bits per heavy atom. The molecule has 1 aromatic carbocycles. The average molecular weight is 322 g/mol. The van der Waals surface area contributed by atoms with Crippen molar-refractivity contribution in [3.63, 3.8) is 0 Å². The first-order chi connectivity index (χ1) is 9.22. The van der Waals surface area contributed by atoms with Gasteiger partial charge in [-0.15, -0.1) is 0 Å². The summed E-state index contributed by atoms with van der Waals surface area (Å²) in [5, 5.41) is 3.23. The van der Waals surface area contributed by atoms with Gasteiger partial charge in [0.2, 0.25) is 5.88 Å². The van der Waals surface area contributed by atoms with Crippen molar-refractivity contribution in [3.05, 3.63) is 40.6 Å². The first kappa shape index (κ1) is 13.8. The van der Waals surface area contributed by atoms with E-state index in [1.54, 1.807) is 0 Å². The molecule has 0 radical (unpaired) electrons. The minimum absolute atomic E-state index is 0.517. The fourth-order valence-corrected chi connectivity index (χ4v) is 1.99. The van der Waals surface area contributed by atoms with Crippen LogP contribution in [0.4, 0.5) is 5.82 Å². The first-order valence-electron chi connectivity index (χ1n) is 6.20. The van der Waals surface area contributed by atoms with Crippen LogP contribution in [0.25, 0.3) is 0 Å². The lowest BCUT2D eigenvalue weighted by Crippen LogP contribution is -2.04. The van der Waals surface area contributed by atoms with Crippen LogP contribution in [0.5, 0.6) is 11.6 Å². The van der Waals surface area contributed by atoms with Crippen LogP contribution in [0.1, 0.15) is 18.9 Å². The molecule has 1 N–H and O–H groups in total. The van der Waals surface area contributed by atoms with Gasteiger partial charge in [0.1, 0.15) is 22.4 Å². The molecule has 19 heavy (non-hydrogen) atoms. The Balaban J connectivity index is 2.23. The normalized spacial score (nSPS) is 10.3. The highest BCUT2D eigenvalue weighted by Crippen LogP contribution is 2.32. The number of hydrogen-bond acceptors (Lipinski definition) is 4. The van der Waals surface area contributed by atoms with Crippen molar-refractivity contribution in [2.75, 3.05) is 11.9 Å². The molecule has 0 aliphatic heterocycles. The van der Waals surface area contributed by atoms with Crippen molar-refractivity contribution in [1.82, 2.24) is 9.97 Å². The molecule has 0 aliphatic rings. The second-order valence-electron chi connectivity index (χ2n) is 4.14. The van der Waals surface area contributed by atoms with Gasteiger partial charge in [-0.05, 0) is 40.9 Å². The minimum atomic E-state index is 0.517. The summed E-state index contributed by atoms with van der Waals surface area (Å²) in [7, 11) is 0. The van der Waals surface area contributed by atoms with Crippen LogP contribution in [0.3, 0.4) is 0 Å². The molecule has 0 amide bonds. The number of nitrogens with one attached hydrogen (secondary N) is 1. The molecule has 2 rings (SSSR count). The highest BCUT2D eigenvalue weighted by atomic mass is 79.9. The Kier molecular flexibility index (Phi) is 4.74. The third-order valence-corrected chi connectivity index (χ3v) is 3.31. The number of anilines is 1. The minimum Gasteiger partial charge on any atom is -0.437 e. The quantitative estimate of drug-likeness (QED) is 0.898. The lowest BCUT2D eigenvalue weighted by molar-refractivity contribution is 0.455. The molecule has 0 atom stereocenters. The number of para-hydroxylation sites is 1. The number of rotatable bonds is 5. The van der Waals surface area contributed by atoms with Crippen LogP contribution in [-0.2, 0) is 0 Å². The number of benzene rings is 1. The SMILES string of the molecule is CCCNc1ncnc(Oc2ccccc2C)c1Br. The molecule has 0 spiro atoms. The van der Waals surface area contributed by atoms with E-state index in [-0.39, 0.29) is 0 Å². The number of nitrogens with zero attached hydrogens (tertiary/aromatic N) is 2. The maximum Gasteiger partial charge on any atom is 0.238 e. The van der Waals surface area contributed by atoms with Gasteiger partial charge in [0.15, 0.2) is 0 Å². The molecule has 0 bridgehead atoms. The predicted octanol–water partition coefficient (Wildman–Crippen LogP) is 4.16. The topological polar surface area (TPSA) is 47.0 Å². The number of hydrogen-bond donors (Lipinski definition) is 1. The molecule has 0 fully saturated rings. The van der Waals surface area contributed by atoms with Gasteiger partial charge in [0, 0.05) is 6.54 Å². The van der Waals surface area contributed by atoms with Crippen LogP contribution in [0.2, 0.25) is 0 Å². The lowest BCUT2D eigenvalue weighted by Gasteiger charge is -2.11. The molecule has 0 aliphatic carbocycles. The molecule has 1 aromatic heterocycles. The van der Waals surface area contributed by atoms with E-state index >= 15 is 0 Å². The predicted molar refractivity (Wildman–Crippen MR) is 79.8 cm³/mol. The van der Waals surface area contributed by atoms with Crippen molar-refractivity contribution in [2.24, 2.45) is 0 Å². The Hall–Kier alpha value is -1.62. The number of halogens is 1. The fraction of sp³-hybridized carbons (Fsp3) is 0.286. The van der Waals surface area contributed by atoms with Gasteiger partial charge in [0.25, 0.3) is 0 Å². The maximum absolute atomic E-state index is 5.82. The molecule has 0 unspecified atom stereocenters. The summed E-state index contributed by atoms with van der Waals surface area (Å²) >= 11 is 3.48. The first-order valence-corrected chi connectivity index (χ1v) is 6.99. The maximum atomic E-state index is 5.82. The van der Waals surface area contributed by atoms with Gasteiger partial charge in [-0.3, -0.25) is 0 Å². The standard InChI is InChI=1S/C14H16BrN3O/c1-3-8-16-13-12(15)14(18-9-17-13)19-11-7-5-4-6-10(11)2/h4-7,9H,3,8H2,1-2H3,(H,16,17,18). The number of aromatic nitrogens is 2. The van der Waals surface area contributed by atoms with Crippen molar-refractivity contribution in [3.8, 4) is 11.6 Å². The third-order valence-electron chi connectivity index (χ3n) is 2.60. The van der Waals surface area contributed by atoms with E-state index in [4.69, 9.17) is 4.74 Å². The molecule has 5 heteroatoms. The molecule has 2 aromatic rings. The van der Waals surface area contributed by atoms with Gasteiger partial charge in [-0.2, -0.15) is 0 Å². The second kappa shape index (κ2) is 6.52. The van der Waals surface area contributed by atoms with Crippen molar-refractivity contribution in [1.29, 1.82) is 0 Å². The van der Waals surface area contributed by atoms with Crippen molar-refractivity contribution in [2.45, 2.75) is 20.3 Å². The number of aryl methyl sites for hydroxylation is 1. The Morgan fingerprint density at radius 2 is 2.05 bits per heavy atom. The van der Waals surface area contributed by atoms with Gasteiger partial charge in [-0.25, -0.2) is 9.97 Å². The molecule has 4 nitrogen and oxygen atoms in total. The highest BCUT2D eigenvalue weighted by molar-refractivity contribution is 9.10. The van der Waals surface area contributed by atoms with E-state index in [0.717, 1.165) is 34.6 Å². The van der Waals surface area contributed by atoms with Crippen LogP contribution in [-0.4, -0.2) is 16.5 Å². The molecular weight excluding hydrogens is 306 g/mol. The zero-order valence-corrected chi connectivity index (χ0v) is 12.6. The smallest absolute Gasteiger partial charge is 0.238 e. The summed E-state index contributed by atoms with van der Waals surface area (Å²) < 4.78 is 6.56. The van der Waals surface area contributed by atoms with Gasteiger partial charge in [-0.1, -0.05) is 25.1 Å². The summed E-state index contributed by atoms with van der Waals surface area (Å²) in [5.41, 5.74) is 1.07. The summed E-state index contributed by atoms with van der Waals surface area (Å²) in [6.07, 6.45) is 2.53. The van der Waals surface area contributed by atoms with E-state index < -0.39 is 0 Å². The van der Waals surface area contributed by atoms with E-state index in [9.17, 15) is 0 Å². The van der Waals surface area contributed by atoms with E-state index in [0.29, 0.717) is 5.88 Å². The Morgan fingerprint density at radius 1 is 1.26 bits per heavy atom. The zero-order valence-electron chi connectivity index (χ0n) is 11.0. The Bertz CT molecular complexity index is 560. The van der Waals surface area contributed by atoms with Crippen LogP contribution in [0, 0.1) is 6.92 Å². The highest BCUT2D eigenvalue weighted by Gasteiger charge is 2.11. The molecule has 0 saturated heterocycles. The monoisotopic (exact) mass is 321 g/mol. The average Bonchev–Trinajstić information content (AvgIpc) is 2.42. The molecule has 100 valence electrons. The molecule has 0 saturated carbocycles. The summed E-state index contributed by atoms with van der Waals surface area (Å²) in [6.45, 7) is 4.97. The number of ether oxygens (including phenoxy) is 1. The second-order valence-corrected chi connectivity index (χ2v) is 4.93. The Labute approximate surface area is 121 Å². The van der Waals surface area contributed by atoms with Gasteiger partial charge in [0.05, 0.1) is 0 Å². The van der Waals surface area contributed by atoms with Gasteiger partial charge < -0.3 is 10.1 Å². The third kappa shape index (κ3) is 3.44. The van der Waals surface area contributed by atoms with E-state index in [2.05, 4.69) is 38.1 Å². The van der Waals surface area contributed by atoms with Crippen LogP contribution >= 0.6 is 15.9 Å². The largest absolute Gasteiger partial charge is 0.437 e. The lowest BCUT2D eigenvalue weighted by atomic mass is 10.2. The van der Waals surface area contributed by atoms with E-state index in [1.165, 1.54) is 6.33 Å². The van der Waals surface area contributed by atoms with Crippen molar-refractivity contribution >= 4 is 21.7 Å². The molecule has 1 heterocycles. The molecular formula is C14H16BrN3O.